The molecule has 0 saturated carbocycles. The fraction of sp³-hybridized carbons (Fsp3) is 0.417. The van der Waals surface area contributed by atoms with E-state index in [1.165, 1.54) is 6.07 Å². The number of halogens is 1. The number of phenols is 1. The molecule has 4 N–H and O–H groups in total. The SMILES string of the molecule is CC(C)C(N)CC(=O)Nc1cc(Br)ccc1O. The monoisotopic (exact) mass is 300 g/mol. The zero-order chi connectivity index (χ0) is 13.0. The third-order valence-electron chi connectivity index (χ3n) is 2.51. The van der Waals surface area contributed by atoms with Crippen molar-refractivity contribution in [2.24, 2.45) is 11.7 Å². The predicted octanol–water partition coefficient (Wildman–Crippen LogP) is 2.47. The molecule has 0 heterocycles. The van der Waals surface area contributed by atoms with Gasteiger partial charge in [0.2, 0.25) is 5.91 Å². The first-order chi connectivity index (χ1) is 7.90. The number of carbonyl (C=O) groups excluding carboxylic acids is 1. The molecule has 1 atom stereocenters. The standard InChI is InChI=1S/C12H17BrN2O2/c1-7(2)9(14)6-12(17)15-10-5-8(13)3-4-11(10)16/h3-5,7,9,16H,6,14H2,1-2H3,(H,15,17). The lowest BCUT2D eigenvalue weighted by Crippen LogP contribution is -2.31. The molecule has 1 aromatic rings. The number of aromatic hydroxyl groups is 1. The Morgan fingerprint density at radius 1 is 1.53 bits per heavy atom. The smallest absolute Gasteiger partial charge is 0.226 e. The van der Waals surface area contributed by atoms with Crippen molar-refractivity contribution < 1.29 is 9.90 Å². The van der Waals surface area contributed by atoms with Crippen molar-refractivity contribution in [3.05, 3.63) is 22.7 Å². The highest BCUT2D eigenvalue weighted by atomic mass is 79.9. The molecule has 0 aliphatic carbocycles. The van der Waals surface area contributed by atoms with Gasteiger partial charge in [-0.1, -0.05) is 29.8 Å². The Morgan fingerprint density at radius 2 is 2.18 bits per heavy atom. The molecule has 0 aliphatic rings. The van der Waals surface area contributed by atoms with Crippen LogP contribution in [0.5, 0.6) is 5.75 Å². The minimum absolute atomic E-state index is 0.0414. The third-order valence-corrected chi connectivity index (χ3v) is 3.00. The molecule has 0 spiro atoms. The minimum Gasteiger partial charge on any atom is -0.506 e. The topological polar surface area (TPSA) is 75.4 Å². The second-order valence-corrected chi connectivity index (χ2v) is 5.24. The summed E-state index contributed by atoms with van der Waals surface area (Å²) in [6.07, 6.45) is 0.240. The normalized spacial score (nSPS) is 12.5. The largest absolute Gasteiger partial charge is 0.506 e. The van der Waals surface area contributed by atoms with Gasteiger partial charge < -0.3 is 16.2 Å². The van der Waals surface area contributed by atoms with E-state index in [0.717, 1.165) is 4.47 Å². The maximum Gasteiger partial charge on any atom is 0.226 e. The Hall–Kier alpha value is -1.07. The molecule has 94 valence electrons. The van der Waals surface area contributed by atoms with Crippen molar-refractivity contribution in [3.63, 3.8) is 0 Å². The van der Waals surface area contributed by atoms with Gasteiger partial charge in [0.25, 0.3) is 0 Å². The van der Waals surface area contributed by atoms with Crippen LogP contribution in [0, 0.1) is 5.92 Å². The minimum atomic E-state index is -0.195. The first kappa shape index (κ1) is 14.0. The van der Waals surface area contributed by atoms with Crippen LogP contribution < -0.4 is 11.1 Å². The number of hydrogen-bond acceptors (Lipinski definition) is 3. The fourth-order valence-electron chi connectivity index (χ4n) is 1.26. The Bertz CT molecular complexity index is 407. The average Bonchev–Trinajstić information content (AvgIpc) is 2.23. The third kappa shape index (κ3) is 4.36. The number of nitrogens with two attached hydrogens (primary N) is 1. The number of nitrogens with one attached hydrogen (secondary N) is 1. The zero-order valence-corrected chi connectivity index (χ0v) is 11.5. The van der Waals surface area contributed by atoms with Crippen LogP contribution in [0.4, 0.5) is 5.69 Å². The summed E-state index contributed by atoms with van der Waals surface area (Å²) in [6, 6.07) is 4.69. The molecule has 17 heavy (non-hydrogen) atoms. The highest BCUT2D eigenvalue weighted by molar-refractivity contribution is 9.10. The van der Waals surface area contributed by atoms with Crippen molar-refractivity contribution in [2.75, 3.05) is 5.32 Å². The van der Waals surface area contributed by atoms with Crippen LogP contribution in [-0.2, 0) is 4.79 Å². The molecular formula is C12H17BrN2O2. The molecule has 1 amide bonds. The summed E-state index contributed by atoms with van der Waals surface area (Å²) in [5.74, 6) is 0.0936. The number of amides is 1. The highest BCUT2D eigenvalue weighted by Gasteiger charge is 2.14. The number of anilines is 1. The van der Waals surface area contributed by atoms with E-state index < -0.39 is 0 Å². The van der Waals surface area contributed by atoms with Crippen LogP contribution >= 0.6 is 15.9 Å². The van der Waals surface area contributed by atoms with Gasteiger partial charge in [-0.05, 0) is 24.1 Å². The molecule has 1 aromatic carbocycles. The first-order valence-electron chi connectivity index (χ1n) is 5.44. The number of hydrogen-bond donors (Lipinski definition) is 3. The number of benzene rings is 1. The van der Waals surface area contributed by atoms with Crippen LogP contribution in [0.3, 0.4) is 0 Å². The molecular weight excluding hydrogens is 284 g/mol. The number of rotatable bonds is 4. The summed E-state index contributed by atoms with van der Waals surface area (Å²) in [5.41, 5.74) is 6.20. The summed E-state index contributed by atoms with van der Waals surface area (Å²) in [6.45, 7) is 3.93. The van der Waals surface area contributed by atoms with Crippen LogP contribution in [0.15, 0.2) is 22.7 Å². The predicted molar refractivity (Wildman–Crippen MR) is 71.9 cm³/mol. The van der Waals surface area contributed by atoms with Gasteiger partial charge in [0.15, 0.2) is 0 Å². The van der Waals surface area contributed by atoms with Gasteiger partial charge >= 0.3 is 0 Å². The van der Waals surface area contributed by atoms with Crippen LogP contribution in [-0.4, -0.2) is 17.1 Å². The average molecular weight is 301 g/mol. The molecule has 0 fully saturated rings. The molecule has 1 rings (SSSR count). The summed E-state index contributed by atoms with van der Waals surface area (Å²) >= 11 is 3.27. The van der Waals surface area contributed by atoms with E-state index in [1.54, 1.807) is 12.1 Å². The van der Waals surface area contributed by atoms with Gasteiger partial charge in [0.1, 0.15) is 5.75 Å². The van der Waals surface area contributed by atoms with Crippen molar-refractivity contribution in [1.82, 2.24) is 0 Å². The molecule has 5 heteroatoms. The van der Waals surface area contributed by atoms with E-state index in [9.17, 15) is 9.90 Å². The van der Waals surface area contributed by atoms with Crippen LogP contribution in [0.25, 0.3) is 0 Å². The van der Waals surface area contributed by atoms with E-state index >= 15 is 0 Å². The van der Waals surface area contributed by atoms with E-state index in [4.69, 9.17) is 5.73 Å². The van der Waals surface area contributed by atoms with Crippen molar-refractivity contribution in [1.29, 1.82) is 0 Å². The van der Waals surface area contributed by atoms with E-state index in [2.05, 4.69) is 21.2 Å². The van der Waals surface area contributed by atoms with Crippen molar-refractivity contribution >= 4 is 27.5 Å². The van der Waals surface area contributed by atoms with Gasteiger partial charge in [-0.15, -0.1) is 0 Å². The van der Waals surface area contributed by atoms with Gasteiger partial charge in [-0.2, -0.15) is 0 Å². The fourth-order valence-corrected chi connectivity index (χ4v) is 1.62. The van der Waals surface area contributed by atoms with Crippen LogP contribution in [0.2, 0.25) is 0 Å². The Labute approximate surface area is 109 Å². The summed E-state index contributed by atoms with van der Waals surface area (Å²) in [5, 5.41) is 12.2. The number of phenolic OH excluding ortho intramolecular Hbond substituents is 1. The molecule has 0 saturated heterocycles. The molecule has 0 aromatic heterocycles. The Morgan fingerprint density at radius 3 is 2.76 bits per heavy atom. The quantitative estimate of drug-likeness (QED) is 0.748. The van der Waals surface area contributed by atoms with Gasteiger partial charge in [0, 0.05) is 16.9 Å². The lowest BCUT2D eigenvalue weighted by Gasteiger charge is -2.15. The number of carbonyl (C=O) groups is 1. The molecule has 0 aliphatic heterocycles. The lowest BCUT2D eigenvalue weighted by atomic mass is 10.0. The van der Waals surface area contributed by atoms with E-state index in [1.807, 2.05) is 13.8 Å². The molecule has 0 radical (unpaired) electrons. The second kappa shape index (κ2) is 6.02. The lowest BCUT2D eigenvalue weighted by molar-refractivity contribution is -0.116. The van der Waals surface area contributed by atoms with Gasteiger partial charge in [-0.3, -0.25) is 4.79 Å². The molecule has 4 nitrogen and oxygen atoms in total. The summed E-state index contributed by atoms with van der Waals surface area (Å²) in [7, 11) is 0. The van der Waals surface area contributed by atoms with E-state index in [0.29, 0.717) is 5.69 Å². The van der Waals surface area contributed by atoms with Gasteiger partial charge in [0.05, 0.1) is 5.69 Å². The summed E-state index contributed by atoms with van der Waals surface area (Å²) < 4.78 is 0.791. The maximum absolute atomic E-state index is 11.7. The Balaban J connectivity index is 2.65. The second-order valence-electron chi connectivity index (χ2n) is 4.32. The molecule has 1 unspecified atom stereocenters. The van der Waals surface area contributed by atoms with E-state index in [-0.39, 0.29) is 30.0 Å². The van der Waals surface area contributed by atoms with Gasteiger partial charge in [-0.25, -0.2) is 0 Å². The highest BCUT2D eigenvalue weighted by Crippen LogP contribution is 2.26. The zero-order valence-electron chi connectivity index (χ0n) is 9.90. The first-order valence-corrected chi connectivity index (χ1v) is 6.23. The summed E-state index contributed by atoms with van der Waals surface area (Å²) in [4.78, 5) is 11.7. The van der Waals surface area contributed by atoms with Crippen molar-refractivity contribution in [2.45, 2.75) is 26.3 Å². The van der Waals surface area contributed by atoms with Crippen LogP contribution in [0.1, 0.15) is 20.3 Å². The van der Waals surface area contributed by atoms with Crippen molar-refractivity contribution in [3.8, 4) is 5.75 Å². The molecule has 0 bridgehead atoms. The Kier molecular flexibility index (Phi) is 4.96. The maximum atomic E-state index is 11.7.